The van der Waals surface area contributed by atoms with Crippen LogP contribution in [0.4, 0.5) is 5.69 Å². The lowest BCUT2D eigenvalue weighted by Crippen LogP contribution is -2.46. The molecule has 1 rings (SSSR count). The maximum atomic E-state index is 12.5. The quantitative estimate of drug-likeness (QED) is 0.850. The summed E-state index contributed by atoms with van der Waals surface area (Å²) in [5.74, 6) is 0.108. The molecule has 0 aliphatic rings. The van der Waals surface area contributed by atoms with Crippen molar-refractivity contribution in [2.75, 3.05) is 18.5 Å². The molecule has 0 spiro atoms. The van der Waals surface area contributed by atoms with Gasteiger partial charge in [-0.15, -0.1) is 0 Å². The molecule has 3 heteroatoms. The van der Waals surface area contributed by atoms with E-state index in [1.54, 1.807) is 4.90 Å². The SMILES string of the molecule is CCC(CC)(CN)C(=O)N(C)c1ccccc1. The fourth-order valence-corrected chi connectivity index (χ4v) is 2.05. The molecule has 17 heavy (non-hydrogen) atoms. The van der Waals surface area contributed by atoms with Gasteiger partial charge in [0.15, 0.2) is 0 Å². The van der Waals surface area contributed by atoms with Crippen molar-refractivity contribution >= 4 is 11.6 Å². The second kappa shape index (κ2) is 5.82. The summed E-state index contributed by atoms with van der Waals surface area (Å²) >= 11 is 0. The summed E-state index contributed by atoms with van der Waals surface area (Å²) in [6.45, 7) is 4.44. The molecular formula is C14H22N2O. The van der Waals surface area contributed by atoms with Gasteiger partial charge in [-0.05, 0) is 25.0 Å². The number of nitrogens with two attached hydrogens (primary N) is 1. The Hall–Kier alpha value is -1.35. The molecule has 0 radical (unpaired) electrons. The van der Waals surface area contributed by atoms with Crippen LogP contribution in [0.2, 0.25) is 0 Å². The molecule has 0 atom stereocenters. The molecule has 0 heterocycles. The first kappa shape index (κ1) is 13.7. The molecule has 0 aromatic heterocycles. The third kappa shape index (κ3) is 2.67. The van der Waals surface area contributed by atoms with E-state index in [-0.39, 0.29) is 5.91 Å². The average Bonchev–Trinajstić information content (AvgIpc) is 2.41. The van der Waals surface area contributed by atoms with Gasteiger partial charge in [0.25, 0.3) is 0 Å². The van der Waals surface area contributed by atoms with E-state index in [0.29, 0.717) is 6.54 Å². The van der Waals surface area contributed by atoms with Crippen LogP contribution in [0.25, 0.3) is 0 Å². The molecule has 0 saturated carbocycles. The third-order valence-corrected chi connectivity index (χ3v) is 3.65. The Bertz CT molecular complexity index is 349. The van der Waals surface area contributed by atoms with Gasteiger partial charge in [-0.3, -0.25) is 4.79 Å². The summed E-state index contributed by atoms with van der Waals surface area (Å²) in [5, 5.41) is 0. The highest BCUT2D eigenvalue weighted by molar-refractivity contribution is 5.97. The molecule has 0 fully saturated rings. The van der Waals surface area contributed by atoms with Crippen molar-refractivity contribution in [1.82, 2.24) is 0 Å². The van der Waals surface area contributed by atoms with Crippen LogP contribution in [0.1, 0.15) is 26.7 Å². The second-order valence-corrected chi connectivity index (χ2v) is 4.39. The molecule has 94 valence electrons. The second-order valence-electron chi connectivity index (χ2n) is 4.39. The molecule has 0 aliphatic heterocycles. The van der Waals surface area contributed by atoms with E-state index in [1.807, 2.05) is 51.2 Å². The zero-order chi connectivity index (χ0) is 12.9. The van der Waals surface area contributed by atoms with E-state index in [2.05, 4.69) is 0 Å². The van der Waals surface area contributed by atoms with Gasteiger partial charge < -0.3 is 10.6 Å². The molecule has 1 aromatic carbocycles. The smallest absolute Gasteiger partial charge is 0.234 e. The van der Waals surface area contributed by atoms with Crippen molar-refractivity contribution in [2.24, 2.45) is 11.1 Å². The van der Waals surface area contributed by atoms with Crippen molar-refractivity contribution < 1.29 is 4.79 Å². The Balaban J connectivity index is 2.96. The molecule has 0 bridgehead atoms. The lowest BCUT2D eigenvalue weighted by molar-refractivity contribution is -0.127. The van der Waals surface area contributed by atoms with Crippen molar-refractivity contribution in [3.05, 3.63) is 30.3 Å². The zero-order valence-electron chi connectivity index (χ0n) is 10.9. The number of carbonyl (C=O) groups is 1. The summed E-state index contributed by atoms with van der Waals surface area (Å²) in [5.41, 5.74) is 6.29. The number of para-hydroxylation sites is 1. The van der Waals surface area contributed by atoms with Gasteiger partial charge in [0, 0.05) is 19.3 Å². The first-order valence-electron chi connectivity index (χ1n) is 6.14. The van der Waals surface area contributed by atoms with E-state index >= 15 is 0 Å². The number of amides is 1. The average molecular weight is 234 g/mol. The molecule has 1 aromatic rings. The summed E-state index contributed by atoms with van der Waals surface area (Å²) in [7, 11) is 1.81. The fourth-order valence-electron chi connectivity index (χ4n) is 2.05. The summed E-state index contributed by atoms with van der Waals surface area (Å²) in [6, 6.07) is 9.68. The predicted octanol–water partition coefficient (Wildman–Crippen LogP) is 2.41. The minimum atomic E-state index is -0.426. The van der Waals surface area contributed by atoms with E-state index < -0.39 is 5.41 Å². The topological polar surface area (TPSA) is 46.3 Å². The minimum absolute atomic E-state index is 0.108. The van der Waals surface area contributed by atoms with Gasteiger partial charge in [0.05, 0.1) is 5.41 Å². The van der Waals surface area contributed by atoms with Crippen LogP contribution in [-0.4, -0.2) is 19.5 Å². The Morgan fingerprint density at radius 1 is 1.24 bits per heavy atom. The van der Waals surface area contributed by atoms with Crippen molar-refractivity contribution in [1.29, 1.82) is 0 Å². The highest BCUT2D eigenvalue weighted by Crippen LogP contribution is 2.29. The number of hydrogen-bond donors (Lipinski definition) is 1. The van der Waals surface area contributed by atoms with Crippen LogP contribution in [0.15, 0.2) is 30.3 Å². The Labute approximate surface area is 104 Å². The van der Waals surface area contributed by atoms with Crippen molar-refractivity contribution in [3.8, 4) is 0 Å². The first-order chi connectivity index (χ1) is 8.11. The van der Waals surface area contributed by atoms with Crippen LogP contribution in [-0.2, 0) is 4.79 Å². The fraction of sp³-hybridized carbons (Fsp3) is 0.500. The van der Waals surface area contributed by atoms with E-state index in [4.69, 9.17) is 5.73 Å². The largest absolute Gasteiger partial charge is 0.329 e. The van der Waals surface area contributed by atoms with Gasteiger partial charge in [-0.2, -0.15) is 0 Å². The van der Waals surface area contributed by atoms with Gasteiger partial charge in [-0.25, -0.2) is 0 Å². The third-order valence-electron chi connectivity index (χ3n) is 3.65. The summed E-state index contributed by atoms with van der Waals surface area (Å²) in [4.78, 5) is 14.2. The highest BCUT2D eigenvalue weighted by atomic mass is 16.2. The molecular weight excluding hydrogens is 212 g/mol. The van der Waals surface area contributed by atoms with Gasteiger partial charge >= 0.3 is 0 Å². The van der Waals surface area contributed by atoms with E-state index in [0.717, 1.165) is 18.5 Å². The number of rotatable bonds is 5. The first-order valence-corrected chi connectivity index (χ1v) is 6.14. The minimum Gasteiger partial charge on any atom is -0.329 e. The highest BCUT2D eigenvalue weighted by Gasteiger charge is 2.35. The molecule has 0 unspecified atom stereocenters. The van der Waals surface area contributed by atoms with Crippen molar-refractivity contribution in [2.45, 2.75) is 26.7 Å². The molecule has 2 N–H and O–H groups in total. The van der Waals surface area contributed by atoms with Gasteiger partial charge in [0.1, 0.15) is 0 Å². The Morgan fingerprint density at radius 2 is 1.76 bits per heavy atom. The lowest BCUT2D eigenvalue weighted by Gasteiger charge is -2.33. The monoisotopic (exact) mass is 234 g/mol. The Morgan fingerprint density at radius 3 is 2.18 bits per heavy atom. The normalized spacial score (nSPS) is 11.3. The Kier molecular flexibility index (Phi) is 4.70. The molecule has 0 saturated heterocycles. The van der Waals surface area contributed by atoms with E-state index in [1.165, 1.54) is 0 Å². The maximum Gasteiger partial charge on any atom is 0.234 e. The lowest BCUT2D eigenvalue weighted by atomic mass is 9.81. The standard InChI is InChI=1S/C14H22N2O/c1-4-14(5-2,11-15)13(17)16(3)12-9-7-6-8-10-12/h6-10H,4-5,11,15H2,1-3H3. The number of nitrogens with zero attached hydrogens (tertiary/aromatic N) is 1. The molecule has 1 amide bonds. The molecule has 0 aliphatic carbocycles. The zero-order valence-corrected chi connectivity index (χ0v) is 10.9. The number of benzene rings is 1. The van der Waals surface area contributed by atoms with Crippen LogP contribution in [0.3, 0.4) is 0 Å². The van der Waals surface area contributed by atoms with Crippen molar-refractivity contribution in [3.63, 3.8) is 0 Å². The maximum absolute atomic E-state index is 12.5. The van der Waals surface area contributed by atoms with Crippen LogP contribution >= 0.6 is 0 Å². The van der Waals surface area contributed by atoms with Gasteiger partial charge in [0.2, 0.25) is 5.91 Å². The summed E-state index contributed by atoms with van der Waals surface area (Å²) in [6.07, 6.45) is 1.55. The van der Waals surface area contributed by atoms with Crippen LogP contribution < -0.4 is 10.6 Å². The number of anilines is 1. The number of carbonyl (C=O) groups excluding carboxylic acids is 1. The molecule has 3 nitrogen and oxygen atoms in total. The van der Waals surface area contributed by atoms with Crippen LogP contribution in [0, 0.1) is 5.41 Å². The summed E-state index contributed by atoms with van der Waals surface area (Å²) < 4.78 is 0. The van der Waals surface area contributed by atoms with E-state index in [9.17, 15) is 4.79 Å². The van der Waals surface area contributed by atoms with Gasteiger partial charge in [-0.1, -0.05) is 32.0 Å². The van der Waals surface area contributed by atoms with Crippen LogP contribution in [0.5, 0.6) is 0 Å². The number of hydrogen-bond acceptors (Lipinski definition) is 2. The predicted molar refractivity (Wildman–Crippen MR) is 71.9 cm³/mol.